The van der Waals surface area contributed by atoms with E-state index >= 15 is 0 Å². The average Bonchev–Trinajstić information content (AvgIpc) is 2.79. The molecule has 2 N–H and O–H groups in total. The van der Waals surface area contributed by atoms with Crippen LogP contribution in [0.25, 0.3) is 10.9 Å². The van der Waals surface area contributed by atoms with Crippen molar-refractivity contribution in [3.63, 3.8) is 0 Å². The molecule has 0 saturated heterocycles. The summed E-state index contributed by atoms with van der Waals surface area (Å²) < 4.78 is 5.05. The van der Waals surface area contributed by atoms with E-state index in [0.29, 0.717) is 13.2 Å². The van der Waals surface area contributed by atoms with Gasteiger partial charge in [0.15, 0.2) is 0 Å². The van der Waals surface area contributed by atoms with Gasteiger partial charge in [-0.2, -0.15) is 0 Å². The van der Waals surface area contributed by atoms with E-state index in [1.165, 1.54) is 16.5 Å². The van der Waals surface area contributed by atoms with E-state index in [-0.39, 0.29) is 12.5 Å². The summed E-state index contributed by atoms with van der Waals surface area (Å²) in [5, 5.41) is 4.09. The fourth-order valence-electron chi connectivity index (χ4n) is 2.08. The summed E-state index contributed by atoms with van der Waals surface area (Å²) in [5.41, 5.74) is 3.62. The van der Waals surface area contributed by atoms with Gasteiger partial charge in [-0.1, -0.05) is 11.6 Å². The number of hydrogen-bond acceptors (Lipinski definition) is 2. The monoisotopic (exact) mass is 260 g/mol. The highest BCUT2D eigenvalue weighted by atomic mass is 16.5. The number of carbonyl (C=O) groups is 1. The Balaban J connectivity index is 1.91. The van der Waals surface area contributed by atoms with Crippen molar-refractivity contribution in [2.24, 2.45) is 0 Å². The molecule has 0 spiro atoms. The number of H-pyrrole nitrogens is 1. The molecule has 0 fully saturated rings. The van der Waals surface area contributed by atoms with E-state index in [1.807, 2.05) is 13.1 Å². The molecule has 0 aliphatic heterocycles. The van der Waals surface area contributed by atoms with Gasteiger partial charge in [0.1, 0.15) is 6.61 Å². The van der Waals surface area contributed by atoms with Gasteiger partial charge in [0, 0.05) is 30.3 Å². The number of nitrogens with one attached hydrogen (secondary N) is 2. The molecule has 1 heterocycles. The maximum atomic E-state index is 11.4. The fourth-order valence-corrected chi connectivity index (χ4v) is 2.08. The molecular weight excluding hydrogens is 240 g/mol. The van der Waals surface area contributed by atoms with E-state index < -0.39 is 0 Å². The third-order valence-electron chi connectivity index (χ3n) is 3.08. The van der Waals surface area contributed by atoms with Crippen LogP contribution < -0.4 is 5.32 Å². The topological polar surface area (TPSA) is 54.1 Å². The molecule has 1 aromatic carbocycles. The molecule has 1 aromatic heterocycles. The van der Waals surface area contributed by atoms with E-state index in [2.05, 4.69) is 35.4 Å². The Morgan fingerprint density at radius 3 is 3.05 bits per heavy atom. The first-order valence-electron chi connectivity index (χ1n) is 6.61. The van der Waals surface area contributed by atoms with Crippen molar-refractivity contribution in [2.75, 3.05) is 19.8 Å². The van der Waals surface area contributed by atoms with Gasteiger partial charge in [0.05, 0.1) is 0 Å². The second-order valence-corrected chi connectivity index (χ2v) is 4.60. The minimum atomic E-state index is -0.0575. The van der Waals surface area contributed by atoms with Gasteiger partial charge in [-0.25, -0.2) is 0 Å². The van der Waals surface area contributed by atoms with Gasteiger partial charge in [0.25, 0.3) is 0 Å². The van der Waals surface area contributed by atoms with Crippen LogP contribution in [0.1, 0.15) is 18.1 Å². The molecule has 19 heavy (non-hydrogen) atoms. The lowest BCUT2D eigenvalue weighted by molar-refractivity contribution is -0.125. The highest BCUT2D eigenvalue weighted by Crippen LogP contribution is 2.19. The summed E-state index contributed by atoms with van der Waals surface area (Å²) in [5.74, 6) is -0.0575. The normalized spacial score (nSPS) is 10.8. The number of ether oxygens (including phenoxy) is 1. The van der Waals surface area contributed by atoms with Crippen LogP contribution in [0.3, 0.4) is 0 Å². The third-order valence-corrected chi connectivity index (χ3v) is 3.08. The van der Waals surface area contributed by atoms with Gasteiger partial charge >= 0.3 is 0 Å². The smallest absolute Gasteiger partial charge is 0.246 e. The first-order chi connectivity index (χ1) is 9.20. The van der Waals surface area contributed by atoms with Gasteiger partial charge in [0.2, 0.25) is 5.91 Å². The van der Waals surface area contributed by atoms with Gasteiger partial charge in [-0.3, -0.25) is 4.79 Å². The number of benzene rings is 1. The molecule has 4 nitrogen and oxygen atoms in total. The second kappa shape index (κ2) is 6.38. The second-order valence-electron chi connectivity index (χ2n) is 4.60. The molecule has 0 aliphatic rings. The van der Waals surface area contributed by atoms with Crippen molar-refractivity contribution in [2.45, 2.75) is 20.3 Å². The number of fused-ring (bicyclic) bond motifs is 1. The van der Waals surface area contributed by atoms with Crippen molar-refractivity contribution >= 4 is 16.8 Å². The zero-order valence-electron chi connectivity index (χ0n) is 11.5. The molecule has 0 unspecified atom stereocenters. The van der Waals surface area contributed by atoms with Crippen molar-refractivity contribution in [3.8, 4) is 0 Å². The first-order valence-corrected chi connectivity index (χ1v) is 6.61. The van der Waals surface area contributed by atoms with E-state index in [0.717, 1.165) is 11.9 Å². The minimum Gasteiger partial charge on any atom is -0.372 e. The third kappa shape index (κ3) is 3.58. The van der Waals surface area contributed by atoms with Crippen molar-refractivity contribution < 1.29 is 9.53 Å². The predicted octanol–water partition coefficient (Wildman–Crippen LogP) is 2.17. The van der Waals surface area contributed by atoms with Crippen LogP contribution in [-0.4, -0.2) is 30.6 Å². The Hall–Kier alpha value is -1.81. The Labute approximate surface area is 113 Å². The molecule has 1 amide bonds. The number of hydrogen-bond donors (Lipinski definition) is 2. The van der Waals surface area contributed by atoms with Gasteiger partial charge < -0.3 is 15.0 Å². The number of aryl methyl sites for hydroxylation is 1. The van der Waals surface area contributed by atoms with Gasteiger partial charge in [-0.15, -0.1) is 0 Å². The lowest BCUT2D eigenvalue weighted by Gasteiger charge is -2.05. The summed E-state index contributed by atoms with van der Waals surface area (Å²) in [6.07, 6.45) is 2.83. The lowest BCUT2D eigenvalue weighted by Crippen LogP contribution is -2.29. The van der Waals surface area contributed by atoms with Crippen molar-refractivity contribution in [1.29, 1.82) is 0 Å². The number of carbonyl (C=O) groups excluding carboxylic acids is 1. The lowest BCUT2D eigenvalue weighted by atomic mass is 10.1. The molecule has 2 rings (SSSR count). The minimum absolute atomic E-state index is 0.0575. The fraction of sp³-hybridized carbons (Fsp3) is 0.400. The van der Waals surface area contributed by atoms with Crippen LogP contribution in [0.15, 0.2) is 24.4 Å². The molecular formula is C15H20N2O2. The standard InChI is InChI=1S/C15H20N2O2/c1-3-19-10-15(18)16-7-6-12-9-17-14-5-4-11(2)8-13(12)14/h4-5,8-9,17H,3,6-7,10H2,1-2H3,(H,16,18). The predicted molar refractivity (Wildman–Crippen MR) is 76.2 cm³/mol. The van der Waals surface area contributed by atoms with Crippen molar-refractivity contribution in [1.82, 2.24) is 10.3 Å². The number of aromatic nitrogens is 1. The van der Waals surface area contributed by atoms with Crippen LogP contribution in [0.5, 0.6) is 0 Å². The van der Waals surface area contributed by atoms with Crippen LogP contribution in [0.4, 0.5) is 0 Å². The number of aromatic amines is 1. The Kier molecular flexibility index (Phi) is 4.58. The molecule has 0 bridgehead atoms. The Morgan fingerprint density at radius 1 is 1.42 bits per heavy atom. The highest BCUT2D eigenvalue weighted by molar-refractivity contribution is 5.84. The summed E-state index contributed by atoms with van der Waals surface area (Å²) in [6.45, 7) is 5.30. The summed E-state index contributed by atoms with van der Waals surface area (Å²) in [7, 11) is 0. The summed E-state index contributed by atoms with van der Waals surface area (Å²) >= 11 is 0. The van der Waals surface area contributed by atoms with Crippen molar-refractivity contribution in [3.05, 3.63) is 35.5 Å². The molecule has 0 radical (unpaired) electrons. The van der Waals surface area contributed by atoms with Crippen LogP contribution in [0.2, 0.25) is 0 Å². The molecule has 4 heteroatoms. The molecule has 0 atom stereocenters. The number of rotatable bonds is 6. The van der Waals surface area contributed by atoms with Crippen LogP contribution >= 0.6 is 0 Å². The van der Waals surface area contributed by atoms with Crippen LogP contribution in [0, 0.1) is 6.92 Å². The zero-order chi connectivity index (χ0) is 13.7. The SMILES string of the molecule is CCOCC(=O)NCCc1c[nH]c2ccc(C)cc12. The number of amides is 1. The quantitative estimate of drug-likeness (QED) is 0.836. The van der Waals surface area contributed by atoms with E-state index in [4.69, 9.17) is 4.74 Å². The molecule has 0 saturated carbocycles. The molecule has 2 aromatic rings. The highest BCUT2D eigenvalue weighted by Gasteiger charge is 2.05. The van der Waals surface area contributed by atoms with Crippen LogP contribution in [-0.2, 0) is 16.0 Å². The van der Waals surface area contributed by atoms with Gasteiger partial charge in [-0.05, 0) is 38.0 Å². The molecule has 102 valence electrons. The van der Waals surface area contributed by atoms with E-state index in [9.17, 15) is 4.79 Å². The Bertz CT molecular complexity index is 560. The zero-order valence-corrected chi connectivity index (χ0v) is 11.5. The summed E-state index contributed by atoms with van der Waals surface area (Å²) in [6, 6.07) is 6.34. The van der Waals surface area contributed by atoms with E-state index in [1.54, 1.807) is 0 Å². The summed E-state index contributed by atoms with van der Waals surface area (Å²) in [4.78, 5) is 14.7. The largest absolute Gasteiger partial charge is 0.372 e. The maximum Gasteiger partial charge on any atom is 0.246 e. The first kappa shape index (κ1) is 13.6. The average molecular weight is 260 g/mol. The maximum absolute atomic E-state index is 11.4. The molecule has 0 aliphatic carbocycles. The Morgan fingerprint density at radius 2 is 2.26 bits per heavy atom.